The van der Waals surface area contributed by atoms with Crippen molar-refractivity contribution in [3.63, 3.8) is 0 Å². The Labute approximate surface area is 99.4 Å². The van der Waals surface area contributed by atoms with Crippen molar-refractivity contribution in [1.82, 2.24) is 4.90 Å². The molecule has 0 spiro atoms. The number of rotatable bonds is 1. The Morgan fingerprint density at radius 2 is 2.06 bits per heavy atom. The first-order valence-corrected chi connectivity index (χ1v) is 5.35. The SMILES string of the molecule is CC(C)(C)OC(=O)N1CC(=S)C[C@H]1C(=O)O. The second-order valence-corrected chi connectivity index (χ2v) is 5.28. The van der Waals surface area contributed by atoms with Crippen LogP contribution in [0.5, 0.6) is 0 Å². The Kier molecular flexibility index (Phi) is 3.52. The van der Waals surface area contributed by atoms with E-state index < -0.39 is 23.7 Å². The Morgan fingerprint density at radius 1 is 1.50 bits per heavy atom. The largest absolute Gasteiger partial charge is 0.480 e. The topological polar surface area (TPSA) is 66.8 Å². The van der Waals surface area contributed by atoms with Crippen molar-refractivity contribution in [1.29, 1.82) is 0 Å². The number of hydrogen-bond donors (Lipinski definition) is 1. The van der Waals surface area contributed by atoms with Gasteiger partial charge in [0.1, 0.15) is 11.6 Å². The van der Waals surface area contributed by atoms with E-state index in [1.165, 1.54) is 0 Å². The third-order valence-electron chi connectivity index (χ3n) is 2.06. The molecule has 0 aliphatic carbocycles. The molecule has 0 unspecified atom stereocenters. The number of thiocarbonyl (C=S) groups is 1. The minimum absolute atomic E-state index is 0.182. The summed E-state index contributed by atoms with van der Waals surface area (Å²) >= 11 is 4.94. The minimum atomic E-state index is -1.05. The van der Waals surface area contributed by atoms with Crippen LogP contribution in [0.3, 0.4) is 0 Å². The number of ether oxygens (including phenoxy) is 1. The number of likely N-dealkylation sites (tertiary alicyclic amines) is 1. The van der Waals surface area contributed by atoms with Gasteiger partial charge >= 0.3 is 12.1 Å². The van der Waals surface area contributed by atoms with Crippen molar-refractivity contribution in [2.24, 2.45) is 0 Å². The van der Waals surface area contributed by atoms with Gasteiger partial charge in [0.15, 0.2) is 0 Å². The van der Waals surface area contributed by atoms with E-state index >= 15 is 0 Å². The Bertz CT molecular complexity index is 334. The van der Waals surface area contributed by atoms with Gasteiger partial charge in [-0.05, 0) is 20.8 Å². The third-order valence-corrected chi connectivity index (χ3v) is 2.35. The average Bonchev–Trinajstić information content (AvgIpc) is 2.44. The summed E-state index contributed by atoms with van der Waals surface area (Å²) in [5.41, 5.74) is -0.635. The van der Waals surface area contributed by atoms with Gasteiger partial charge < -0.3 is 9.84 Å². The molecule has 1 saturated heterocycles. The summed E-state index contributed by atoms with van der Waals surface area (Å²) in [6.07, 6.45) is -0.399. The van der Waals surface area contributed by atoms with Gasteiger partial charge in [0, 0.05) is 11.3 Å². The molecule has 0 aromatic rings. The number of carboxylic acids is 1. The molecule has 16 heavy (non-hydrogen) atoms. The predicted molar refractivity (Wildman–Crippen MR) is 61.6 cm³/mol. The first kappa shape index (κ1) is 12.9. The molecule has 0 bridgehead atoms. The van der Waals surface area contributed by atoms with Crippen LogP contribution in [0.4, 0.5) is 4.79 Å². The van der Waals surface area contributed by atoms with E-state index in [9.17, 15) is 9.59 Å². The van der Waals surface area contributed by atoms with Crippen molar-refractivity contribution >= 4 is 29.1 Å². The van der Waals surface area contributed by atoms with Crippen molar-refractivity contribution in [3.05, 3.63) is 0 Å². The maximum atomic E-state index is 11.7. The molecule has 6 heteroatoms. The molecular formula is C10H15NO4S. The Balaban J connectivity index is 2.75. The van der Waals surface area contributed by atoms with Crippen LogP contribution in [-0.2, 0) is 9.53 Å². The smallest absolute Gasteiger partial charge is 0.411 e. The van der Waals surface area contributed by atoms with Gasteiger partial charge in [-0.25, -0.2) is 9.59 Å². The summed E-state index contributed by atoms with van der Waals surface area (Å²) in [7, 11) is 0. The lowest BCUT2D eigenvalue weighted by Crippen LogP contribution is -2.43. The molecule has 1 heterocycles. The quantitative estimate of drug-likeness (QED) is 0.708. The van der Waals surface area contributed by atoms with E-state index in [4.69, 9.17) is 22.1 Å². The summed E-state index contributed by atoms with van der Waals surface area (Å²) < 4.78 is 5.11. The zero-order valence-corrected chi connectivity index (χ0v) is 10.3. The van der Waals surface area contributed by atoms with Crippen LogP contribution in [-0.4, -0.2) is 45.1 Å². The molecule has 5 nitrogen and oxygen atoms in total. The number of carbonyl (C=O) groups is 2. The molecule has 1 aliphatic rings. The van der Waals surface area contributed by atoms with Crippen LogP contribution in [0, 0.1) is 0 Å². The predicted octanol–water partition coefficient (Wildman–Crippen LogP) is 1.45. The Hall–Kier alpha value is -1.17. The highest BCUT2D eigenvalue weighted by atomic mass is 32.1. The molecule has 1 atom stereocenters. The van der Waals surface area contributed by atoms with E-state index in [2.05, 4.69) is 0 Å². The molecule has 1 amide bonds. The van der Waals surface area contributed by atoms with Gasteiger partial charge in [0.2, 0.25) is 0 Å². The standard InChI is InChI=1S/C10H15NO4S/c1-10(2,3)15-9(14)11-5-6(16)4-7(11)8(12)13/h7H,4-5H2,1-3H3,(H,12,13)/t7-/m0/s1. The third kappa shape index (κ3) is 3.16. The molecule has 1 fully saturated rings. The van der Waals surface area contributed by atoms with E-state index in [1.807, 2.05) is 0 Å². The molecule has 0 saturated carbocycles. The summed E-state index contributed by atoms with van der Waals surface area (Å²) in [5.74, 6) is -1.05. The Morgan fingerprint density at radius 3 is 2.50 bits per heavy atom. The molecule has 1 rings (SSSR count). The molecule has 0 aromatic carbocycles. The fourth-order valence-electron chi connectivity index (χ4n) is 1.42. The lowest BCUT2D eigenvalue weighted by atomic mass is 10.2. The number of aliphatic carboxylic acids is 1. The van der Waals surface area contributed by atoms with Crippen LogP contribution in [0.25, 0.3) is 0 Å². The highest BCUT2D eigenvalue weighted by Gasteiger charge is 2.38. The lowest BCUT2D eigenvalue weighted by molar-refractivity contribution is -0.142. The normalized spacial score (nSPS) is 21.1. The molecule has 1 aliphatic heterocycles. The molecule has 0 radical (unpaired) electrons. The maximum absolute atomic E-state index is 11.7. The van der Waals surface area contributed by atoms with Crippen LogP contribution in [0.2, 0.25) is 0 Å². The number of carbonyl (C=O) groups excluding carboxylic acids is 1. The average molecular weight is 245 g/mol. The van der Waals surface area contributed by atoms with Crippen molar-refractivity contribution in [2.45, 2.75) is 38.8 Å². The molecule has 1 N–H and O–H groups in total. The molecule has 0 aromatic heterocycles. The van der Waals surface area contributed by atoms with E-state index in [-0.39, 0.29) is 13.0 Å². The first-order chi connectivity index (χ1) is 7.20. The van der Waals surface area contributed by atoms with Crippen LogP contribution < -0.4 is 0 Å². The highest BCUT2D eigenvalue weighted by molar-refractivity contribution is 7.80. The zero-order chi connectivity index (χ0) is 12.5. The molecular weight excluding hydrogens is 230 g/mol. The summed E-state index contributed by atoms with van der Waals surface area (Å²) in [6.45, 7) is 5.38. The summed E-state index contributed by atoms with van der Waals surface area (Å²) in [5, 5.41) is 8.94. The highest BCUT2D eigenvalue weighted by Crippen LogP contribution is 2.19. The van der Waals surface area contributed by atoms with Gasteiger partial charge in [-0.15, -0.1) is 0 Å². The monoisotopic (exact) mass is 245 g/mol. The summed E-state index contributed by atoms with van der Waals surface area (Å²) in [4.78, 5) is 24.4. The fraction of sp³-hybridized carbons (Fsp3) is 0.700. The maximum Gasteiger partial charge on any atom is 0.411 e. The second kappa shape index (κ2) is 4.37. The second-order valence-electron chi connectivity index (χ2n) is 4.71. The minimum Gasteiger partial charge on any atom is -0.480 e. The molecule has 90 valence electrons. The van der Waals surface area contributed by atoms with Crippen LogP contribution in [0.1, 0.15) is 27.2 Å². The van der Waals surface area contributed by atoms with Crippen LogP contribution in [0.15, 0.2) is 0 Å². The number of hydrogen-bond acceptors (Lipinski definition) is 4. The first-order valence-electron chi connectivity index (χ1n) is 4.95. The number of carboxylic acid groups (broad SMARTS) is 1. The zero-order valence-electron chi connectivity index (χ0n) is 9.52. The summed E-state index contributed by atoms with van der Waals surface area (Å²) in [6, 6.07) is -0.887. The number of nitrogens with zero attached hydrogens (tertiary/aromatic N) is 1. The van der Waals surface area contributed by atoms with Crippen molar-refractivity contribution in [2.75, 3.05) is 6.54 Å². The van der Waals surface area contributed by atoms with Gasteiger partial charge in [-0.3, -0.25) is 4.90 Å². The van der Waals surface area contributed by atoms with Gasteiger partial charge in [0.25, 0.3) is 0 Å². The van der Waals surface area contributed by atoms with E-state index in [0.717, 1.165) is 4.90 Å². The van der Waals surface area contributed by atoms with Gasteiger partial charge in [-0.1, -0.05) is 12.2 Å². The van der Waals surface area contributed by atoms with E-state index in [0.29, 0.717) is 4.86 Å². The van der Waals surface area contributed by atoms with Crippen molar-refractivity contribution in [3.8, 4) is 0 Å². The van der Waals surface area contributed by atoms with Crippen molar-refractivity contribution < 1.29 is 19.4 Å². The number of amides is 1. The van der Waals surface area contributed by atoms with Crippen LogP contribution >= 0.6 is 12.2 Å². The lowest BCUT2D eigenvalue weighted by Gasteiger charge is -2.26. The van der Waals surface area contributed by atoms with Gasteiger partial charge in [0.05, 0.1) is 6.54 Å². The fourth-order valence-corrected chi connectivity index (χ4v) is 1.72. The van der Waals surface area contributed by atoms with Gasteiger partial charge in [-0.2, -0.15) is 0 Å². The van der Waals surface area contributed by atoms with E-state index in [1.54, 1.807) is 20.8 Å².